The summed E-state index contributed by atoms with van der Waals surface area (Å²) in [6.07, 6.45) is 3.37. The molecule has 6 rings (SSSR count). The van der Waals surface area contributed by atoms with Crippen molar-refractivity contribution in [3.05, 3.63) is 132 Å². The Hall–Kier alpha value is -5.63. The summed E-state index contributed by atoms with van der Waals surface area (Å²) in [5.41, 5.74) is 5.87. The van der Waals surface area contributed by atoms with Gasteiger partial charge in [0.15, 0.2) is 0 Å². The Morgan fingerprint density at radius 1 is 0.864 bits per heavy atom. The van der Waals surface area contributed by atoms with Gasteiger partial charge in [-0.25, -0.2) is 14.4 Å². The minimum atomic E-state index is -0.331. The Morgan fingerprint density at radius 3 is 2.48 bits per heavy atom. The molecular formula is C36H30FN5O2. The van der Waals surface area contributed by atoms with E-state index >= 15 is 0 Å². The van der Waals surface area contributed by atoms with Crippen molar-refractivity contribution in [2.75, 3.05) is 10.6 Å². The zero-order valence-electron chi connectivity index (χ0n) is 24.3. The lowest BCUT2D eigenvalue weighted by Crippen LogP contribution is -2.12. The second-order valence-corrected chi connectivity index (χ2v) is 10.6. The predicted molar refractivity (Wildman–Crippen MR) is 172 cm³/mol. The van der Waals surface area contributed by atoms with E-state index in [1.165, 1.54) is 12.1 Å². The molecule has 0 spiro atoms. The molecule has 7 nitrogen and oxygen atoms in total. The molecule has 0 saturated carbocycles. The van der Waals surface area contributed by atoms with E-state index in [1.807, 2.05) is 80.6 Å². The number of amides is 1. The Kier molecular flexibility index (Phi) is 8.23. The largest absolute Gasteiger partial charge is 0.488 e. The number of nitrogens with one attached hydrogen (secondary N) is 2. The van der Waals surface area contributed by atoms with E-state index in [1.54, 1.807) is 36.7 Å². The fourth-order valence-corrected chi connectivity index (χ4v) is 4.79. The van der Waals surface area contributed by atoms with Crippen LogP contribution in [0.4, 0.5) is 16.0 Å². The van der Waals surface area contributed by atoms with Gasteiger partial charge in [-0.1, -0.05) is 42.5 Å². The summed E-state index contributed by atoms with van der Waals surface area (Å²) in [4.78, 5) is 26.8. The van der Waals surface area contributed by atoms with E-state index in [0.29, 0.717) is 35.2 Å². The first-order chi connectivity index (χ1) is 21.4. The van der Waals surface area contributed by atoms with Crippen molar-refractivity contribution in [2.45, 2.75) is 26.5 Å². The number of carbonyl (C=O) groups is 1. The van der Waals surface area contributed by atoms with Crippen LogP contribution in [0, 0.1) is 5.82 Å². The molecule has 0 bridgehead atoms. The van der Waals surface area contributed by atoms with Gasteiger partial charge in [0.25, 0.3) is 5.91 Å². The number of fused-ring (bicyclic) bond motifs is 1. The number of anilines is 2. The maximum Gasteiger partial charge on any atom is 0.255 e. The van der Waals surface area contributed by atoms with E-state index in [-0.39, 0.29) is 17.8 Å². The van der Waals surface area contributed by atoms with Crippen molar-refractivity contribution < 1.29 is 13.9 Å². The van der Waals surface area contributed by atoms with E-state index in [0.717, 1.165) is 33.2 Å². The average molecular weight is 584 g/mol. The zero-order chi connectivity index (χ0) is 30.5. The van der Waals surface area contributed by atoms with Crippen molar-refractivity contribution in [3.8, 4) is 28.1 Å². The molecule has 0 aliphatic carbocycles. The molecule has 2 aromatic heterocycles. The number of carbonyl (C=O) groups excluding carboxylic acids is 1. The lowest BCUT2D eigenvalue weighted by Gasteiger charge is -2.15. The first-order valence-corrected chi connectivity index (χ1v) is 14.3. The highest BCUT2D eigenvalue weighted by Gasteiger charge is 2.14. The summed E-state index contributed by atoms with van der Waals surface area (Å²) in [6, 6.07) is 31.1. The molecule has 0 unspecified atom stereocenters. The number of rotatable bonds is 9. The Bertz CT molecular complexity index is 1930. The fourth-order valence-electron chi connectivity index (χ4n) is 4.79. The normalized spacial score (nSPS) is 11.0. The summed E-state index contributed by atoms with van der Waals surface area (Å²) in [7, 11) is 0. The van der Waals surface area contributed by atoms with Gasteiger partial charge in [-0.05, 0) is 79.6 Å². The number of aromatic nitrogens is 3. The molecular weight excluding hydrogens is 553 g/mol. The molecule has 2 N–H and O–H groups in total. The van der Waals surface area contributed by atoms with Crippen LogP contribution in [0.5, 0.6) is 5.75 Å². The van der Waals surface area contributed by atoms with Crippen molar-refractivity contribution in [2.24, 2.45) is 0 Å². The Balaban J connectivity index is 1.30. The third-order valence-electron chi connectivity index (χ3n) is 6.93. The van der Waals surface area contributed by atoms with Gasteiger partial charge in [-0.3, -0.25) is 9.78 Å². The number of hydrogen-bond acceptors (Lipinski definition) is 6. The van der Waals surface area contributed by atoms with Crippen LogP contribution in [0.1, 0.15) is 29.8 Å². The van der Waals surface area contributed by atoms with Crippen LogP contribution in [0.2, 0.25) is 0 Å². The highest BCUT2D eigenvalue weighted by atomic mass is 19.1. The fraction of sp³-hybridized carbons (Fsp3) is 0.111. The number of nitrogens with zero attached hydrogens (tertiary/aromatic N) is 3. The molecule has 0 aliphatic heterocycles. The zero-order valence-corrected chi connectivity index (χ0v) is 24.3. The third kappa shape index (κ3) is 6.71. The maximum atomic E-state index is 13.4. The molecule has 0 radical (unpaired) electrons. The molecule has 0 aliphatic rings. The molecule has 8 heteroatoms. The SMILES string of the molecule is CC(C)Nc1ncc2cc(-c3cccc(NC(=O)c4ccnc(-c5ccc(F)cc5)c4)c3)c(OCc3ccccc3)cc2n1. The van der Waals surface area contributed by atoms with E-state index < -0.39 is 0 Å². The van der Waals surface area contributed by atoms with Crippen molar-refractivity contribution in [1.82, 2.24) is 15.0 Å². The van der Waals surface area contributed by atoms with Crippen LogP contribution >= 0.6 is 0 Å². The summed E-state index contributed by atoms with van der Waals surface area (Å²) in [5.74, 6) is 0.600. The Labute approximate surface area is 254 Å². The van der Waals surface area contributed by atoms with Gasteiger partial charge in [-0.2, -0.15) is 0 Å². The summed E-state index contributed by atoms with van der Waals surface area (Å²) >= 11 is 0. The van der Waals surface area contributed by atoms with Gasteiger partial charge in [0.2, 0.25) is 5.95 Å². The van der Waals surface area contributed by atoms with Crippen LogP contribution in [-0.4, -0.2) is 26.9 Å². The number of pyridine rings is 1. The molecule has 2 heterocycles. The number of benzene rings is 4. The van der Waals surface area contributed by atoms with Gasteiger partial charge < -0.3 is 15.4 Å². The molecule has 44 heavy (non-hydrogen) atoms. The highest BCUT2D eigenvalue weighted by molar-refractivity contribution is 6.05. The molecule has 218 valence electrons. The molecule has 0 saturated heterocycles. The van der Waals surface area contributed by atoms with E-state index in [4.69, 9.17) is 9.72 Å². The Morgan fingerprint density at radius 2 is 1.68 bits per heavy atom. The van der Waals surface area contributed by atoms with Gasteiger partial charge in [0.05, 0.1) is 11.2 Å². The standard InChI is InChI=1S/C36H30FN5O2/c1-23(2)40-36-39-21-28-18-31(34(20-33(28)42-36)44-22-24-7-4-3-5-8-24)26-9-6-10-30(17-26)41-35(43)27-15-16-38-32(19-27)25-11-13-29(37)14-12-25/h3-21,23H,22H2,1-2H3,(H,41,43)(H,39,40,42). The maximum absolute atomic E-state index is 13.4. The second-order valence-electron chi connectivity index (χ2n) is 10.6. The van der Waals surface area contributed by atoms with Gasteiger partial charge in [0.1, 0.15) is 18.2 Å². The number of ether oxygens (including phenoxy) is 1. The molecule has 6 aromatic rings. The van der Waals surface area contributed by atoms with E-state index in [2.05, 4.69) is 20.6 Å². The molecule has 4 aromatic carbocycles. The van der Waals surface area contributed by atoms with Crippen LogP contribution in [0.3, 0.4) is 0 Å². The number of hydrogen-bond donors (Lipinski definition) is 2. The first kappa shape index (κ1) is 28.5. The number of halogens is 1. The average Bonchev–Trinajstić information content (AvgIpc) is 3.04. The van der Waals surface area contributed by atoms with Crippen LogP contribution in [0.25, 0.3) is 33.3 Å². The van der Waals surface area contributed by atoms with Gasteiger partial charge >= 0.3 is 0 Å². The molecule has 1 amide bonds. The summed E-state index contributed by atoms with van der Waals surface area (Å²) in [6.45, 7) is 4.46. The van der Waals surface area contributed by atoms with E-state index in [9.17, 15) is 9.18 Å². The predicted octanol–water partition coefficient (Wildman–Crippen LogP) is 8.15. The minimum absolute atomic E-state index is 0.195. The minimum Gasteiger partial charge on any atom is -0.488 e. The second kappa shape index (κ2) is 12.7. The smallest absolute Gasteiger partial charge is 0.255 e. The van der Waals surface area contributed by atoms with Crippen LogP contribution in [0.15, 0.2) is 116 Å². The topological polar surface area (TPSA) is 89.0 Å². The monoisotopic (exact) mass is 583 g/mol. The van der Waals surface area contributed by atoms with Crippen molar-refractivity contribution in [1.29, 1.82) is 0 Å². The lowest BCUT2D eigenvalue weighted by molar-refractivity contribution is 0.102. The first-order valence-electron chi connectivity index (χ1n) is 14.3. The van der Waals surface area contributed by atoms with Gasteiger partial charge in [-0.15, -0.1) is 0 Å². The summed E-state index contributed by atoms with van der Waals surface area (Å²) < 4.78 is 19.7. The molecule has 0 atom stereocenters. The third-order valence-corrected chi connectivity index (χ3v) is 6.93. The highest BCUT2D eigenvalue weighted by Crippen LogP contribution is 2.36. The lowest BCUT2D eigenvalue weighted by atomic mass is 10.0. The van der Waals surface area contributed by atoms with Crippen LogP contribution in [-0.2, 0) is 6.61 Å². The molecule has 0 fully saturated rings. The van der Waals surface area contributed by atoms with Crippen molar-refractivity contribution >= 4 is 28.4 Å². The quantitative estimate of drug-likeness (QED) is 0.179. The van der Waals surface area contributed by atoms with Crippen LogP contribution < -0.4 is 15.4 Å². The van der Waals surface area contributed by atoms with Gasteiger partial charge in [0, 0.05) is 52.3 Å². The summed E-state index contributed by atoms with van der Waals surface area (Å²) in [5, 5.41) is 7.11. The van der Waals surface area contributed by atoms with Crippen molar-refractivity contribution in [3.63, 3.8) is 0 Å².